The normalized spacial score (nSPS) is 21.2. The molecule has 0 aromatic heterocycles. The number of carbonyl (C=O) groups is 2. The molecule has 0 unspecified atom stereocenters. The molecule has 2 atom stereocenters. The Hall–Kier alpha value is -3.01. The van der Waals surface area contributed by atoms with Crippen molar-refractivity contribution in [1.29, 1.82) is 5.26 Å². The van der Waals surface area contributed by atoms with E-state index in [0.717, 1.165) is 0 Å². The Morgan fingerprint density at radius 2 is 2.00 bits per heavy atom. The Morgan fingerprint density at radius 3 is 2.59 bits per heavy atom. The zero-order valence-corrected chi connectivity index (χ0v) is 21.2. The van der Waals surface area contributed by atoms with E-state index < -0.39 is 43.1 Å². The molecule has 4 N–H and O–H groups in total. The Kier molecular flexibility index (Phi) is 9.28. The third-order valence-corrected chi connectivity index (χ3v) is 6.83. The second-order valence-corrected chi connectivity index (χ2v) is 10.2. The molecular formula is C25H34BF2N5O4. The SMILES string of the molecule is CC(C)(C=C(C#N)C(=O)N1CCC[C@@H](NC(=O)N[C@H](CB(O)O)c2ccccc2)C1)N1CCC(F)(F)C1. The summed E-state index contributed by atoms with van der Waals surface area (Å²) in [5.41, 5.74) is -0.308. The predicted octanol–water partition coefficient (Wildman–Crippen LogP) is 2.06. The fourth-order valence-corrected chi connectivity index (χ4v) is 4.82. The van der Waals surface area contributed by atoms with Crippen molar-refractivity contribution in [2.45, 2.75) is 63.0 Å². The number of nitriles is 1. The summed E-state index contributed by atoms with van der Waals surface area (Å²) >= 11 is 0. The van der Waals surface area contributed by atoms with E-state index in [1.807, 2.05) is 12.1 Å². The van der Waals surface area contributed by atoms with Crippen molar-refractivity contribution in [3.8, 4) is 6.07 Å². The van der Waals surface area contributed by atoms with E-state index in [0.29, 0.717) is 24.9 Å². The van der Waals surface area contributed by atoms with Crippen LogP contribution >= 0.6 is 0 Å². The molecule has 0 aliphatic carbocycles. The molecule has 0 spiro atoms. The zero-order valence-electron chi connectivity index (χ0n) is 21.2. The number of rotatable bonds is 8. The van der Waals surface area contributed by atoms with Crippen molar-refractivity contribution in [3.05, 3.63) is 47.5 Å². The van der Waals surface area contributed by atoms with Gasteiger partial charge in [-0.05, 0) is 38.3 Å². The quantitative estimate of drug-likeness (QED) is 0.238. The van der Waals surface area contributed by atoms with Crippen LogP contribution in [0.1, 0.15) is 44.7 Å². The number of urea groups is 1. The minimum absolute atomic E-state index is 0.0955. The molecule has 0 bridgehead atoms. The summed E-state index contributed by atoms with van der Waals surface area (Å²) in [4.78, 5) is 28.9. The third kappa shape index (κ3) is 7.99. The van der Waals surface area contributed by atoms with Crippen molar-refractivity contribution in [3.63, 3.8) is 0 Å². The molecule has 3 rings (SSSR count). The number of nitrogens with one attached hydrogen (secondary N) is 2. The van der Waals surface area contributed by atoms with Crippen LogP contribution in [0, 0.1) is 11.3 Å². The van der Waals surface area contributed by atoms with Gasteiger partial charge < -0.3 is 25.6 Å². The largest absolute Gasteiger partial charge is 0.453 e. The molecule has 1 aromatic rings. The summed E-state index contributed by atoms with van der Waals surface area (Å²) in [6.45, 7) is 3.75. The lowest BCUT2D eigenvalue weighted by molar-refractivity contribution is -0.128. The number of piperidine rings is 1. The van der Waals surface area contributed by atoms with Gasteiger partial charge in [0.25, 0.3) is 11.8 Å². The van der Waals surface area contributed by atoms with Gasteiger partial charge in [0.15, 0.2) is 0 Å². The Labute approximate surface area is 216 Å². The third-order valence-electron chi connectivity index (χ3n) is 6.83. The Balaban J connectivity index is 1.62. The van der Waals surface area contributed by atoms with Crippen molar-refractivity contribution in [1.82, 2.24) is 20.4 Å². The van der Waals surface area contributed by atoms with Crippen molar-refractivity contribution in [2.75, 3.05) is 26.2 Å². The molecule has 2 fully saturated rings. The van der Waals surface area contributed by atoms with Crippen molar-refractivity contribution >= 4 is 19.1 Å². The van der Waals surface area contributed by atoms with Gasteiger partial charge in [0.05, 0.1) is 12.6 Å². The lowest BCUT2D eigenvalue weighted by atomic mass is 9.79. The van der Waals surface area contributed by atoms with Gasteiger partial charge in [0, 0.05) is 44.0 Å². The number of hydrogen-bond donors (Lipinski definition) is 4. The molecule has 2 saturated heterocycles. The van der Waals surface area contributed by atoms with E-state index in [1.165, 1.54) is 11.0 Å². The molecule has 0 radical (unpaired) electrons. The van der Waals surface area contributed by atoms with Gasteiger partial charge in [-0.15, -0.1) is 0 Å². The van der Waals surface area contributed by atoms with Crippen LogP contribution < -0.4 is 10.6 Å². The van der Waals surface area contributed by atoms with Crippen LogP contribution in [0.2, 0.25) is 6.32 Å². The van der Waals surface area contributed by atoms with Crippen LogP contribution in [-0.4, -0.2) is 82.6 Å². The van der Waals surface area contributed by atoms with Gasteiger partial charge in [-0.3, -0.25) is 9.69 Å². The number of likely N-dealkylation sites (tertiary alicyclic amines) is 2. The van der Waals surface area contributed by atoms with E-state index in [2.05, 4.69) is 10.6 Å². The molecule has 2 aliphatic rings. The first-order valence-electron chi connectivity index (χ1n) is 12.4. The molecule has 37 heavy (non-hydrogen) atoms. The minimum atomic E-state index is -2.79. The summed E-state index contributed by atoms with van der Waals surface area (Å²) in [6, 6.07) is 9.34. The van der Waals surface area contributed by atoms with E-state index in [1.54, 1.807) is 43.0 Å². The average Bonchev–Trinajstić information content (AvgIpc) is 3.22. The van der Waals surface area contributed by atoms with Gasteiger partial charge in [-0.25, -0.2) is 13.6 Å². The molecule has 0 saturated carbocycles. The van der Waals surface area contributed by atoms with Gasteiger partial charge in [0.1, 0.15) is 11.6 Å². The summed E-state index contributed by atoms with van der Waals surface area (Å²) in [6.07, 6.45) is 2.32. The molecule has 9 nitrogen and oxygen atoms in total. The van der Waals surface area contributed by atoms with Crippen LogP contribution in [0.5, 0.6) is 0 Å². The number of halogens is 2. The predicted molar refractivity (Wildman–Crippen MR) is 134 cm³/mol. The topological polar surface area (TPSA) is 129 Å². The van der Waals surface area contributed by atoms with E-state index in [4.69, 9.17) is 0 Å². The number of amides is 3. The van der Waals surface area contributed by atoms with Crippen LogP contribution in [0.4, 0.5) is 13.6 Å². The fraction of sp³-hybridized carbons (Fsp3) is 0.560. The lowest BCUT2D eigenvalue weighted by Gasteiger charge is -2.35. The van der Waals surface area contributed by atoms with E-state index in [-0.39, 0.29) is 37.4 Å². The first-order valence-corrected chi connectivity index (χ1v) is 12.4. The fourth-order valence-electron chi connectivity index (χ4n) is 4.82. The molecule has 3 amide bonds. The number of carbonyl (C=O) groups excluding carboxylic acids is 2. The van der Waals surface area contributed by atoms with Gasteiger partial charge >= 0.3 is 13.1 Å². The summed E-state index contributed by atoms with van der Waals surface area (Å²) in [7, 11) is -1.61. The molecule has 12 heteroatoms. The summed E-state index contributed by atoms with van der Waals surface area (Å²) in [5.74, 6) is -3.29. The van der Waals surface area contributed by atoms with Crippen LogP contribution in [0.3, 0.4) is 0 Å². The smallest absolute Gasteiger partial charge is 0.427 e. The van der Waals surface area contributed by atoms with Gasteiger partial charge in [-0.1, -0.05) is 30.3 Å². The monoisotopic (exact) mass is 517 g/mol. The maximum absolute atomic E-state index is 13.7. The number of hydrogen-bond acceptors (Lipinski definition) is 6. The first-order chi connectivity index (χ1) is 17.4. The van der Waals surface area contributed by atoms with Crippen molar-refractivity contribution < 1.29 is 28.4 Å². The van der Waals surface area contributed by atoms with Crippen LogP contribution in [-0.2, 0) is 4.79 Å². The molecule has 2 aliphatic heterocycles. The zero-order chi connectivity index (χ0) is 27.2. The van der Waals surface area contributed by atoms with Gasteiger partial charge in [-0.2, -0.15) is 5.26 Å². The first kappa shape index (κ1) is 28.6. The minimum Gasteiger partial charge on any atom is -0.427 e. The number of alkyl halides is 2. The maximum Gasteiger partial charge on any atom is 0.453 e. The van der Waals surface area contributed by atoms with Gasteiger partial charge in [0.2, 0.25) is 0 Å². The van der Waals surface area contributed by atoms with Crippen LogP contribution in [0.25, 0.3) is 0 Å². The Bertz CT molecular complexity index is 1030. The number of nitrogens with zero attached hydrogens (tertiary/aromatic N) is 3. The molecular weight excluding hydrogens is 483 g/mol. The summed E-state index contributed by atoms with van der Waals surface area (Å²) in [5, 5.41) is 34.1. The van der Waals surface area contributed by atoms with Crippen LogP contribution in [0.15, 0.2) is 42.0 Å². The second kappa shape index (κ2) is 12.0. The van der Waals surface area contributed by atoms with E-state index in [9.17, 15) is 33.7 Å². The highest BCUT2D eigenvalue weighted by molar-refractivity contribution is 6.41. The highest BCUT2D eigenvalue weighted by Crippen LogP contribution is 2.33. The number of benzene rings is 1. The van der Waals surface area contributed by atoms with E-state index >= 15 is 0 Å². The second-order valence-electron chi connectivity index (χ2n) is 10.2. The Morgan fingerprint density at radius 1 is 1.30 bits per heavy atom. The maximum atomic E-state index is 13.7. The molecule has 1 aromatic carbocycles. The summed E-state index contributed by atoms with van der Waals surface area (Å²) < 4.78 is 27.4. The average molecular weight is 517 g/mol. The highest BCUT2D eigenvalue weighted by atomic mass is 19.3. The van der Waals surface area contributed by atoms with Crippen molar-refractivity contribution in [2.24, 2.45) is 0 Å². The lowest BCUT2D eigenvalue weighted by Crippen LogP contribution is -2.52. The molecule has 200 valence electrons. The standard InChI is InChI=1S/C25H34BF2N5O4/c1-24(2,33-12-10-25(27,28)17-33)13-19(15-29)22(34)32-11-6-9-20(16-32)30-23(35)31-21(14-26(36)37)18-7-4-3-5-8-18/h3-5,7-8,13,20-21,36-37H,6,9-12,14,16-17H2,1-2H3,(H2,30,31,35)/t20-,21-/m1/s1. The molecule has 2 heterocycles. The highest BCUT2D eigenvalue weighted by Gasteiger charge is 2.43.